The van der Waals surface area contributed by atoms with Crippen LogP contribution in [0.1, 0.15) is 10.4 Å². The van der Waals surface area contributed by atoms with Gasteiger partial charge < -0.3 is 0 Å². The van der Waals surface area contributed by atoms with Gasteiger partial charge >= 0.3 is 0 Å². The Morgan fingerprint density at radius 3 is 2.71 bits per heavy atom. The third kappa shape index (κ3) is 2.52. The number of imide groups is 1. The van der Waals surface area contributed by atoms with Gasteiger partial charge in [0.1, 0.15) is 5.82 Å². The molecule has 0 fully saturated rings. The quantitative estimate of drug-likeness (QED) is 0.719. The van der Waals surface area contributed by atoms with E-state index in [1.54, 1.807) is 0 Å². The van der Waals surface area contributed by atoms with Gasteiger partial charge in [0.15, 0.2) is 0 Å². The van der Waals surface area contributed by atoms with Crippen molar-refractivity contribution in [1.29, 1.82) is 0 Å². The molecule has 0 aliphatic rings. The highest BCUT2D eigenvalue weighted by Crippen LogP contribution is 2.02. The molecule has 1 aromatic rings. The van der Waals surface area contributed by atoms with E-state index in [9.17, 15) is 14.0 Å². The van der Waals surface area contributed by atoms with E-state index >= 15 is 0 Å². The molecule has 0 heterocycles. The van der Waals surface area contributed by atoms with Crippen LogP contribution in [0.15, 0.2) is 36.9 Å². The first-order valence-electron chi connectivity index (χ1n) is 3.87. The number of hydrogen-bond donors (Lipinski definition) is 1. The maximum absolute atomic E-state index is 12.7. The fraction of sp³-hybridized carbons (Fsp3) is 0. The highest BCUT2D eigenvalue weighted by atomic mass is 19.1. The van der Waals surface area contributed by atoms with Crippen molar-refractivity contribution in [3.63, 3.8) is 0 Å². The summed E-state index contributed by atoms with van der Waals surface area (Å²) in [6.07, 6.45) is 0.969. The Hall–Kier alpha value is -1.97. The Morgan fingerprint density at radius 2 is 2.14 bits per heavy atom. The summed E-state index contributed by atoms with van der Waals surface area (Å²) in [6.45, 7) is 3.19. The van der Waals surface area contributed by atoms with Gasteiger partial charge in [0.2, 0.25) is 5.91 Å². The van der Waals surface area contributed by atoms with E-state index in [1.807, 2.05) is 5.32 Å². The molecule has 0 saturated heterocycles. The lowest BCUT2D eigenvalue weighted by Crippen LogP contribution is -2.28. The van der Waals surface area contributed by atoms with Gasteiger partial charge in [-0.15, -0.1) is 0 Å². The van der Waals surface area contributed by atoms with Gasteiger partial charge in [-0.05, 0) is 24.3 Å². The molecule has 0 aliphatic carbocycles. The van der Waals surface area contributed by atoms with Gasteiger partial charge in [-0.1, -0.05) is 12.6 Å². The number of carbonyl (C=O) groups excluding carboxylic acids is 2. The first-order valence-corrected chi connectivity index (χ1v) is 3.87. The van der Waals surface area contributed by atoms with Crippen molar-refractivity contribution in [3.8, 4) is 0 Å². The molecule has 14 heavy (non-hydrogen) atoms. The standard InChI is InChI=1S/C10H8FNO2/c1-2-9(13)12-10(14)7-4-3-5-8(11)6-7/h2-6H,1H2,(H,12,13,14). The SMILES string of the molecule is C=CC(=O)NC(=O)c1cccc(F)c1. The minimum absolute atomic E-state index is 0.0974. The number of halogens is 1. The van der Waals surface area contributed by atoms with Crippen LogP contribution in [0, 0.1) is 5.82 Å². The average Bonchev–Trinajstić information content (AvgIpc) is 2.17. The van der Waals surface area contributed by atoms with Crippen molar-refractivity contribution in [3.05, 3.63) is 48.3 Å². The summed E-state index contributed by atoms with van der Waals surface area (Å²) in [4.78, 5) is 22.0. The summed E-state index contributed by atoms with van der Waals surface area (Å²) >= 11 is 0. The van der Waals surface area contributed by atoms with E-state index in [-0.39, 0.29) is 5.56 Å². The molecule has 0 saturated carbocycles. The molecule has 3 nitrogen and oxygen atoms in total. The Labute approximate surface area is 80.2 Å². The minimum atomic E-state index is -0.644. The molecule has 0 radical (unpaired) electrons. The lowest BCUT2D eigenvalue weighted by atomic mass is 10.2. The number of nitrogens with one attached hydrogen (secondary N) is 1. The van der Waals surface area contributed by atoms with Gasteiger partial charge in [0, 0.05) is 5.56 Å². The second-order valence-corrected chi connectivity index (χ2v) is 2.53. The number of rotatable bonds is 2. The molecule has 1 aromatic carbocycles. The van der Waals surface area contributed by atoms with E-state index in [4.69, 9.17) is 0 Å². The topological polar surface area (TPSA) is 46.2 Å². The molecule has 4 heteroatoms. The monoisotopic (exact) mass is 193 g/mol. The molecule has 0 unspecified atom stereocenters. The molecule has 72 valence electrons. The van der Waals surface area contributed by atoms with Crippen molar-refractivity contribution in [2.75, 3.05) is 0 Å². The zero-order valence-corrected chi connectivity index (χ0v) is 7.29. The van der Waals surface area contributed by atoms with E-state index in [0.717, 1.165) is 12.1 Å². The van der Waals surface area contributed by atoms with Crippen LogP contribution in [0.2, 0.25) is 0 Å². The van der Waals surface area contributed by atoms with Crippen molar-refractivity contribution >= 4 is 11.8 Å². The van der Waals surface area contributed by atoms with Gasteiger partial charge in [0.05, 0.1) is 0 Å². The molecule has 0 aromatic heterocycles. The zero-order chi connectivity index (χ0) is 10.6. The second kappa shape index (κ2) is 4.32. The maximum Gasteiger partial charge on any atom is 0.258 e. The molecule has 1 N–H and O–H groups in total. The zero-order valence-electron chi connectivity index (χ0n) is 7.29. The Bertz CT molecular complexity index is 387. The van der Waals surface area contributed by atoms with Crippen LogP contribution in [0.4, 0.5) is 4.39 Å². The van der Waals surface area contributed by atoms with Crippen LogP contribution in [0.25, 0.3) is 0 Å². The summed E-state index contributed by atoms with van der Waals surface area (Å²) in [5.41, 5.74) is 0.0974. The predicted octanol–water partition coefficient (Wildman–Crippen LogP) is 1.27. The molecule has 0 atom stereocenters. The Balaban J connectivity index is 2.79. The van der Waals surface area contributed by atoms with Gasteiger partial charge in [-0.3, -0.25) is 14.9 Å². The summed E-state index contributed by atoms with van der Waals surface area (Å²) in [7, 11) is 0. The molecule has 0 aliphatic heterocycles. The van der Waals surface area contributed by atoms with Crippen LogP contribution in [0.5, 0.6) is 0 Å². The van der Waals surface area contributed by atoms with Crippen LogP contribution in [-0.2, 0) is 4.79 Å². The number of amides is 2. The lowest BCUT2D eigenvalue weighted by molar-refractivity contribution is -0.115. The molecular formula is C10H8FNO2. The van der Waals surface area contributed by atoms with Crippen molar-refractivity contribution in [1.82, 2.24) is 5.32 Å². The van der Waals surface area contributed by atoms with Gasteiger partial charge in [-0.2, -0.15) is 0 Å². The number of hydrogen-bond acceptors (Lipinski definition) is 2. The first kappa shape index (κ1) is 10.1. The van der Waals surface area contributed by atoms with Crippen LogP contribution in [0.3, 0.4) is 0 Å². The third-order valence-electron chi connectivity index (χ3n) is 1.51. The van der Waals surface area contributed by atoms with Gasteiger partial charge in [0.25, 0.3) is 5.91 Å². The Morgan fingerprint density at radius 1 is 1.43 bits per heavy atom. The minimum Gasteiger partial charge on any atom is -0.289 e. The van der Waals surface area contributed by atoms with Crippen molar-refractivity contribution < 1.29 is 14.0 Å². The third-order valence-corrected chi connectivity index (χ3v) is 1.51. The Kier molecular flexibility index (Phi) is 3.12. The van der Waals surface area contributed by atoms with Crippen LogP contribution < -0.4 is 5.32 Å². The molecule has 2 amide bonds. The van der Waals surface area contributed by atoms with Crippen LogP contribution >= 0.6 is 0 Å². The van der Waals surface area contributed by atoms with E-state index in [1.165, 1.54) is 18.2 Å². The first-order chi connectivity index (χ1) is 6.63. The predicted molar refractivity (Wildman–Crippen MR) is 49.1 cm³/mol. The van der Waals surface area contributed by atoms with Gasteiger partial charge in [-0.25, -0.2) is 4.39 Å². The summed E-state index contributed by atoms with van der Waals surface area (Å²) in [5, 5.41) is 2.01. The summed E-state index contributed by atoms with van der Waals surface area (Å²) in [5.74, 6) is -1.78. The average molecular weight is 193 g/mol. The van der Waals surface area contributed by atoms with E-state index in [2.05, 4.69) is 6.58 Å². The summed E-state index contributed by atoms with van der Waals surface area (Å²) < 4.78 is 12.7. The largest absolute Gasteiger partial charge is 0.289 e. The highest BCUT2D eigenvalue weighted by molar-refractivity contribution is 6.07. The molecule has 0 bridgehead atoms. The normalized spacial score (nSPS) is 9.21. The molecule has 1 rings (SSSR count). The molecular weight excluding hydrogens is 185 g/mol. The van der Waals surface area contributed by atoms with E-state index in [0.29, 0.717) is 0 Å². The fourth-order valence-corrected chi connectivity index (χ4v) is 0.865. The number of benzene rings is 1. The molecule has 0 spiro atoms. The van der Waals surface area contributed by atoms with Crippen molar-refractivity contribution in [2.24, 2.45) is 0 Å². The fourth-order valence-electron chi connectivity index (χ4n) is 0.865. The van der Waals surface area contributed by atoms with Crippen molar-refractivity contribution in [2.45, 2.75) is 0 Å². The maximum atomic E-state index is 12.7. The lowest BCUT2D eigenvalue weighted by Gasteiger charge is -2.00. The highest BCUT2D eigenvalue weighted by Gasteiger charge is 2.07. The number of carbonyl (C=O) groups is 2. The van der Waals surface area contributed by atoms with E-state index < -0.39 is 17.6 Å². The smallest absolute Gasteiger partial charge is 0.258 e. The second-order valence-electron chi connectivity index (χ2n) is 2.53. The van der Waals surface area contributed by atoms with Crippen LogP contribution in [-0.4, -0.2) is 11.8 Å². The summed E-state index contributed by atoms with van der Waals surface area (Å²) in [6, 6.07) is 5.06.